The van der Waals surface area contributed by atoms with Crippen molar-refractivity contribution in [2.24, 2.45) is 5.92 Å². The van der Waals surface area contributed by atoms with Gasteiger partial charge in [0.1, 0.15) is 6.10 Å². The number of hydrogen-bond donors (Lipinski definition) is 0. The van der Waals surface area contributed by atoms with Crippen molar-refractivity contribution in [3.05, 3.63) is 54.1 Å². The zero-order valence-corrected chi connectivity index (χ0v) is 12.8. The molecule has 4 heteroatoms. The molecule has 4 atom stereocenters. The van der Waals surface area contributed by atoms with Crippen LogP contribution in [0.3, 0.4) is 0 Å². The number of ether oxygens (including phenoxy) is 3. The lowest BCUT2D eigenvalue weighted by Crippen LogP contribution is -2.47. The molecule has 0 N–H and O–H groups in total. The maximum absolute atomic E-state index is 12.2. The first-order valence-electron chi connectivity index (χ1n) is 7.39. The van der Waals surface area contributed by atoms with Gasteiger partial charge in [0, 0.05) is 32.6 Å². The number of carbonyl (C=O) groups is 1. The fourth-order valence-electron chi connectivity index (χ4n) is 3.45. The first kappa shape index (κ1) is 15.0. The van der Waals surface area contributed by atoms with Crippen LogP contribution in [0, 0.1) is 5.92 Å². The van der Waals surface area contributed by atoms with E-state index in [9.17, 15) is 4.79 Å². The van der Waals surface area contributed by atoms with E-state index in [4.69, 9.17) is 14.2 Å². The Bertz CT molecular complexity index is 592. The van der Waals surface area contributed by atoms with Crippen LogP contribution in [-0.2, 0) is 19.0 Å². The molecule has 4 nitrogen and oxygen atoms in total. The second-order valence-corrected chi connectivity index (χ2v) is 5.70. The molecule has 1 aromatic carbocycles. The zero-order valence-electron chi connectivity index (χ0n) is 12.8. The molecule has 0 spiro atoms. The quantitative estimate of drug-likeness (QED) is 0.476. The Balaban J connectivity index is 1.71. The maximum atomic E-state index is 12.2. The van der Waals surface area contributed by atoms with Crippen molar-refractivity contribution in [2.45, 2.75) is 24.2 Å². The van der Waals surface area contributed by atoms with Crippen molar-refractivity contribution < 1.29 is 19.0 Å². The van der Waals surface area contributed by atoms with Crippen LogP contribution in [0.25, 0.3) is 6.08 Å². The summed E-state index contributed by atoms with van der Waals surface area (Å²) in [6.45, 7) is 0. The Morgan fingerprint density at radius 3 is 2.68 bits per heavy atom. The lowest BCUT2D eigenvalue weighted by molar-refractivity contribution is -0.163. The Morgan fingerprint density at radius 2 is 2.00 bits per heavy atom. The van der Waals surface area contributed by atoms with Gasteiger partial charge in [0.05, 0.1) is 6.10 Å². The smallest absolute Gasteiger partial charge is 0.331 e. The summed E-state index contributed by atoms with van der Waals surface area (Å²) >= 11 is 0. The van der Waals surface area contributed by atoms with E-state index < -0.39 is 5.60 Å². The highest BCUT2D eigenvalue weighted by molar-refractivity contribution is 5.87. The van der Waals surface area contributed by atoms with Crippen molar-refractivity contribution >= 4 is 12.0 Å². The van der Waals surface area contributed by atoms with Gasteiger partial charge in [-0.1, -0.05) is 36.4 Å². The zero-order chi connectivity index (χ0) is 15.6. The maximum Gasteiger partial charge on any atom is 0.331 e. The van der Waals surface area contributed by atoms with Crippen LogP contribution in [0.1, 0.15) is 12.0 Å². The third kappa shape index (κ3) is 2.60. The van der Waals surface area contributed by atoms with E-state index in [0.29, 0.717) is 0 Å². The second-order valence-electron chi connectivity index (χ2n) is 5.70. The average molecular weight is 300 g/mol. The topological polar surface area (TPSA) is 44.8 Å². The van der Waals surface area contributed by atoms with Crippen molar-refractivity contribution in [1.82, 2.24) is 0 Å². The fourth-order valence-corrected chi connectivity index (χ4v) is 3.45. The van der Waals surface area contributed by atoms with E-state index >= 15 is 0 Å². The van der Waals surface area contributed by atoms with Gasteiger partial charge in [-0.15, -0.1) is 0 Å². The highest BCUT2D eigenvalue weighted by atomic mass is 16.6. The van der Waals surface area contributed by atoms with E-state index in [0.717, 1.165) is 12.0 Å². The van der Waals surface area contributed by atoms with Gasteiger partial charge in [-0.05, 0) is 17.7 Å². The molecule has 0 saturated heterocycles. The summed E-state index contributed by atoms with van der Waals surface area (Å²) < 4.78 is 16.8. The van der Waals surface area contributed by atoms with E-state index in [1.165, 1.54) is 6.08 Å². The second kappa shape index (κ2) is 6.07. The first-order chi connectivity index (χ1) is 10.7. The van der Waals surface area contributed by atoms with Gasteiger partial charge in [0.25, 0.3) is 0 Å². The van der Waals surface area contributed by atoms with Crippen LogP contribution in [0.4, 0.5) is 0 Å². The molecule has 22 heavy (non-hydrogen) atoms. The number of hydrogen-bond acceptors (Lipinski definition) is 4. The van der Waals surface area contributed by atoms with Crippen LogP contribution >= 0.6 is 0 Å². The number of benzene rings is 1. The Hall–Kier alpha value is -1.91. The van der Waals surface area contributed by atoms with Crippen molar-refractivity contribution in [3.8, 4) is 0 Å². The largest absolute Gasteiger partial charge is 0.449 e. The van der Waals surface area contributed by atoms with Crippen LogP contribution < -0.4 is 0 Å². The minimum absolute atomic E-state index is 0.0686. The molecule has 0 heterocycles. The summed E-state index contributed by atoms with van der Waals surface area (Å²) in [4.78, 5) is 12.2. The van der Waals surface area contributed by atoms with Gasteiger partial charge in [-0.25, -0.2) is 4.79 Å². The molecule has 4 unspecified atom stereocenters. The molecule has 1 fully saturated rings. The van der Waals surface area contributed by atoms with E-state index in [-0.39, 0.29) is 24.1 Å². The van der Waals surface area contributed by atoms with Crippen molar-refractivity contribution in [3.63, 3.8) is 0 Å². The minimum Gasteiger partial charge on any atom is -0.449 e. The molecule has 0 aliphatic heterocycles. The number of carbonyl (C=O) groups excluding carboxylic acids is 1. The van der Waals surface area contributed by atoms with Gasteiger partial charge in [-0.3, -0.25) is 0 Å². The van der Waals surface area contributed by atoms with Crippen LogP contribution in [0.2, 0.25) is 0 Å². The summed E-state index contributed by atoms with van der Waals surface area (Å²) in [6, 6.07) is 9.65. The normalized spacial score (nSPS) is 32.7. The van der Waals surface area contributed by atoms with E-state index in [2.05, 4.69) is 6.08 Å². The van der Waals surface area contributed by atoms with Gasteiger partial charge >= 0.3 is 5.97 Å². The Morgan fingerprint density at radius 1 is 1.23 bits per heavy atom. The molecule has 2 bridgehead atoms. The molecule has 1 aromatic rings. The summed E-state index contributed by atoms with van der Waals surface area (Å²) in [7, 11) is 3.29. The molecule has 116 valence electrons. The summed E-state index contributed by atoms with van der Waals surface area (Å²) in [5.41, 5.74) is 0.249. The molecule has 2 aliphatic carbocycles. The standard InChI is InChI=1S/C18H20O4/c1-20-16-14-10-11-18(12-14,17(16)21-2)22-15(19)9-8-13-6-4-3-5-7-13/h3-11,14,16-17H,12H2,1-2H3/b9-8+. The Kier molecular flexibility index (Phi) is 4.14. The first-order valence-corrected chi connectivity index (χ1v) is 7.39. The van der Waals surface area contributed by atoms with Gasteiger partial charge in [0.15, 0.2) is 5.60 Å². The van der Waals surface area contributed by atoms with Crippen LogP contribution in [-0.4, -0.2) is 38.0 Å². The lowest BCUT2D eigenvalue weighted by Gasteiger charge is -2.33. The summed E-state index contributed by atoms with van der Waals surface area (Å²) in [6.07, 6.45) is 7.59. The van der Waals surface area contributed by atoms with Crippen molar-refractivity contribution in [1.29, 1.82) is 0 Å². The molecular weight excluding hydrogens is 280 g/mol. The highest BCUT2D eigenvalue weighted by Gasteiger charge is 2.58. The summed E-state index contributed by atoms with van der Waals surface area (Å²) in [5.74, 6) is -0.131. The average Bonchev–Trinajstić information content (AvgIpc) is 3.08. The SMILES string of the molecule is COC1C2C=CC(OC(=O)/C=C/c3ccccc3)(C2)C1OC. The number of esters is 1. The van der Waals surface area contributed by atoms with Crippen LogP contribution in [0.5, 0.6) is 0 Å². The molecule has 1 saturated carbocycles. The van der Waals surface area contributed by atoms with Gasteiger partial charge in [0.2, 0.25) is 0 Å². The number of fused-ring (bicyclic) bond motifs is 2. The van der Waals surface area contributed by atoms with Gasteiger partial charge in [-0.2, -0.15) is 0 Å². The third-order valence-corrected chi connectivity index (χ3v) is 4.41. The minimum atomic E-state index is -0.710. The fraction of sp³-hybridized carbons (Fsp3) is 0.389. The Labute approximate surface area is 130 Å². The molecule has 0 aromatic heterocycles. The van der Waals surface area contributed by atoms with Crippen molar-refractivity contribution in [2.75, 3.05) is 14.2 Å². The molecule has 2 aliphatic rings. The monoisotopic (exact) mass is 300 g/mol. The van der Waals surface area contributed by atoms with E-state index in [1.807, 2.05) is 36.4 Å². The van der Waals surface area contributed by atoms with Crippen LogP contribution in [0.15, 0.2) is 48.6 Å². The highest BCUT2D eigenvalue weighted by Crippen LogP contribution is 2.47. The lowest BCUT2D eigenvalue weighted by atomic mass is 9.97. The number of rotatable bonds is 5. The predicted molar refractivity (Wildman–Crippen MR) is 83.1 cm³/mol. The number of methoxy groups -OCH3 is 2. The predicted octanol–water partition coefficient (Wildman–Crippen LogP) is 2.60. The van der Waals surface area contributed by atoms with E-state index in [1.54, 1.807) is 20.3 Å². The molecule has 0 amide bonds. The molecular formula is C18H20O4. The molecule has 0 radical (unpaired) electrons. The third-order valence-electron chi connectivity index (χ3n) is 4.41. The summed E-state index contributed by atoms with van der Waals surface area (Å²) in [5, 5.41) is 0. The van der Waals surface area contributed by atoms with Gasteiger partial charge < -0.3 is 14.2 Å². The molecule has 3 rings (SSSR count).